The Hall–Kier alpha value is -4.48. The number of nitrogens with zero attached hydrogens (tertiary/aromatic N) is 3. The molecule has 0 aliphatic rings. The van der Waals surface area contributed by atoms with Crippen LogP contribution >= 0.6 is 11.3 Å². The van der Waals surface area contributed by atoms with Gasteiger partial charge < -0.3 is 14.4 Å². The van der Waals surface area contributed by atoms with Gasteiger partial charge in [0, 0.05) is 55.7 Å². The van der Waals surface area contributed by atoms with Gasteiger partial charge in [-0.15, -0.1) is 64.9 Å². The van der Waals surface area contributed by atoms with E-state index in [1.165, 1.54) is 40.1 Å². The molecule has 0 aliphatic carbocycles. The van der Waals surface area contributed by atoms with Gasteiger partial charge in [0.05, 0.1) is 15.3 Å². The van der Waals surface area contributed by atoms with E-state index >= 15 is 0 Å². The van der Waals surface area contributed by atoms with E-state index in [9.17, 15) is 0 Å². The van der Waals surface area contributed by atoms with Gasteiger partial charge in [-0.1, -0.05) is 123 Å². The van der Waals surface area contributed by atoms with Crippen LogP contribution in [-0.4, -0.2) is 15.0 Å². The molecule has 0 bridgehead atoms. The molecule has 1 radical (unpaired) electrons. The van der Waals surface area contributed by atoms with Crippen molar-refractivity contribution in [2.24, 2.45) is 10.8 Å². The molecule has 0 saturated heterocycles. The van der Waals surface area contributed by atoms with Crippen molar-refractivity contribution in [2.75, 3.05) is 0 Å². The first kappa shape index (κ1) is 36.6. The van der Waals surface area contributed by atoms with Gasteiger partial charge in [0.1, 0.15) is 11.1 Å². The third-order valence-corrected chi connectivity index (χ3v) is 11.1. The van der Waals surface area contributed by atoms with E-state index in [1.807, 2.05) is 26.8 Å². The van der Waals surface area contributed by atoms with Gasteiger partial charge in [-0.2, -0.15) is 0 Å². The molecule has 4 aromatic heterocycles. The van der Waals surface area contributed by atoms with Crippen molar-refractivity contribution in [3.05, 3.63) is 136 Å². The minimum atomic E-state index is -2.14. The first-order valence-electron chi connectivity index (χ1n) is 22.1. The Morgan fingerprint density at radius 3 is 2.12 bits per heavy atom. The van der Waals surface area contributed by atoms with Gasteiger partial charge in [-0.05, 0) is 82.7 Å². The van der Waals surface area contributed by atoms with E-state index < -0.39 is 18.6 Å². The largest absolute Gasteiger partial charge is 0.498 e. The van der Waals surface area contributed by atoms with Crippen LogP contribution < -0.4 is 0 Å². The molecule has 58 heavy (non-hydrogen) atoms. The normalized spacial score (nSPS) is 13.9. The maximum atomic E-state index is 8.25. The van der Waals surface area contributed by atoms with Crippen molar-refractivity contribution >= 4 is 43.5 Å². The van der Waals surface area contributed by atoms with Crippen LogP contribution in [0.15, 0.2) is 95.7 Å². The predicted octanol–water partition coefficient (Wildman–Crippen LogP) is 14.7. The fourth-order valence-electron chi connectivity index (χ4n) is 7.16. The van der Waals surface area contributed by atoms with Crippen molar-refractivity contribution < 1.29 is 31.4 Å². The second-order valence-corrected chi connectivity index (χ2v) is 19.3. The summed E-state index contributed by atoms with van der Waals surface area (Å²) >= 11 is 1.75. The Kier molecular flexibility index (Phi) is 10.5. The Morgan fingerprint density at radius 2 is 1.50 bits per heavy atom. The average Bonchev–Trinajstić information content (AvgIpc) is 3.80. The van der Waals surface area contributed by atoms with E-state index in [2.05, 4.69) is 121 Å². The van der Waals surface area contributed by atoms with Gasteiger partial charge in [-0.25, -0.2) is 4.98 Å². The molecular formula is C52H55IrN3OS-2. The molecule has 0 unspecified atom stereocenters. The standard InChI is InChI=1S/C35H35N2OS.C17H20N.Ir/c1-20-11-9-12-21(2)29(20)26-19-36-27(17-22(26)18-34(3,4)5)25-14-10-13-23-24-15-16-28-30(32(24)38-31(23)25)37-33(39-28)35(6,7)8;1-13-5-8-15(9-6-13)16-10-7-14(12-18-16)11-17(2,3)4;/h9-13,15-17,19H,18H2,1-8H3;5-8,10,12H,11H2,1-4H3;/q2*-1;/i;1D3,11D2;. The van der Waals surface area contributed by atoms with E-state index in [0.717, 1.165) is 54.8 Å². The number of rotatable bonds is 5. The minimum Gasteiger partial charge on any atom is -0.498 e. The first-order chi connectivity index (χ1) is 28.8. The topological polar surface area (TPSA) is 51.8 Å². The van der Waals surface area contributed by atoms with Crippen LogP contribution in [0.4, 0.5) is 0 Å². The summed E-state index contributed by atoms with van der Waals surface area (Å²) in [7, 11) is 0. The molecule has 8 rings (SSSR count). The van der Waals surface area contributed by atoms with E-state index in [0.29, 0.717) is 16.8 Å². The second-order valence-electron chi connectivity index (χ2n) is 18.3. The summed E-state index contributed by atoms with van der Waals surface area (Å²) in [5.74, 6) is 0. The molecule has 0 amide bonds. The predicted molar refractivity (Wildman–Crippen MR) is 242 cm³/mol. The molecular weight excluding hydrogens is 907 g/mol. The molecule has 301 valence electrons. The van der Waals surface area contributed by atoms with Crippen LogP contribution in [0, 0.1) is 43.7 Å². The number of aromatic nitrogens is 3. The smallest absolute Gasteiger partial charge is 0.148 e. The Labute approximate surface area is 370 Å². The van der Waals surface area contributed by atoms with Gasteiger partial charge in [-0.3, -0.25) is 0 Å². The van der Waals surface area contributed by atoms with Crippen molar-refractivity contribution in [1.29, 1.82) is 0 Å². The fourth-order valence-corrected chi connectivity index (χ4v) is 8.18. The monoisotopic (exact) mass is 967 g/mol. The number of hydrogen-bond donors (Lipinski definition) is 0. The number of aryl methyl sites for hydroxylation is 3. The molecule has 8 aromatic rings. The number of pyridine rings is 2. The molecule has 6 heteroatoms. The molecule has 4 heterocycles. The zero-order valence-electron chi connectivity index (χ0n) is 40.4. The molecule has 0 N–H and O–H groups in total. The van der Waals surface area contributed by atoms with Crippen molar-refractivity contribution in [3.63, 3.8) is 0 Å². The number of furan rings is 1. The molecule has 4 aromatic carbocycles. The SMILES string of the molecule is Cc1cccc(C)c1-c1cnc(-c2[c-]ccc3c2oc2c3ccc3sc(C(C)(C)C)nc32)cc1CC(C)(C)C.[2H]C([2H])([2H])c1c[c-]c(-c2ccc(C([2H])([2H])C(C)(C)C)cn2)cc1.[Ir]. The number of thiazole rings is 1. The Morgan fingerprint density at radius 1 is 0.776 bits per heavy atom. The van der Waals surface area contributed by atoms with Crippen LogP contribution in [0.2, 0.25) is 0 Å². The Balaban J connectivity index is 0.000000236. The number of benzene rings is 4. The molecule has 0 saturated carbocycles. The van der Waals surface area contributed by atoms with E-state index in [4.69, 9.17) is 21.2 Å². The quantitative estimate of drug-likeness (QED) is 0.161. The fraction of sp³-hybridized carbons (Fsp3) is 0.327. The molecule has 0 aliphatic heterocycles. The third kappa shape index (κ3) is 9.52. The summed E-state index contributed by atoms with van der Waals surface area (Å²) in [5, 5.41) is 3.28. The first-order valence-corrected chi connectivity index (χ1v) is 20.4. The maximum absolute atomic E-state index is 8.25. The van der Waals surface area contributed by atoms with Crippen LogP contribution in [0.3, 0.4) is 0 Å². The van der Waals surface area contributed by atoms with Gasteiger partial charge in [0.2, 0.25) is 0 Å². The molecule has 4 nitrogen and oxygen atoms in total. The molecule has 0 spiro atoms. The van der Waals surface area contributed by atoms with Crippen LogP contribution in [-0.2, 0) is 38.3 Å². The summed E-state index contributed by atoms with van der Waals surface area (Å²) in [6.45, 7) is 21.3. The van der Waals surface area contributed by atoms with Crippen molar-refractivity contribution in [3.8, 4) is 33.6 Å². The zero-order chi connectivity index (χ0) is 45.2. The average molecular weight is 967 g/mol. The van der Waals surface area contributed by atoms with Gasteiger partial charge in [0.25, 0.3) is 0 Å². The third-order valence-electron chi connectivity index (χ3n) is 9.69. The summed E-state index contributed by atoms with van der Waals surface area (Å²) < 4.78 is 46.4. The molecule has 0 atom stereocenters. The summed E-state index contributed by atoms with van der Waals surface area (Å²) in [5.41, 5.74) is 12.4. The maximum Gasteiger partial charge on any atom is 0.148 e. The Bertz CT molecular complexity index is 2890. The number of fused-ring (bicyclic) bond motifs is 5. The van der Waals surface area contributed by atoms with Crippen molar-refractivity contribution in [2.45, 2.75) is 101 Å². The van der Waals surface area contributed by atoms with Gasteiger partial charge in [0.15, 0.2) is 0 Å². The van der Waals surface area contributed by atoms with E-state index in [-0.39, 0.29) is 36.5 Å². The van der Waals surface area contributed by atoms with Gasteiger partial charge >= 0.3 is 0 Å². The van der Waals surface area contributed by atoms with Crippen molar-refractivity contribution in [1.82, 2.24) is 15.0 Å². The molecule has 0 fully saturated rings. The minimum absolute atomic E-state index is 0. The summed E-state index contributed by atoms with van der Waals surface area (Å²) in [4.78, 5) is 14.3. The van der Waals surface area contributed by atoms with Crippen LogP contribution in [0.1, 0.15) is 102 Å². The zero-order valence-corrected chi connectivity index (χ0v) is 38.6. The van der Waals surface area contributed by atoms with Crippen LogP contribution in [0.25, 0.3) is 65.8 Å². The second kappa shape index (κ2) is 16.6. The van der Waals surface area contributed by atoms with E-state index in [1.54, 1.807) is 35.6 Å². The van der Waals surface area contributed by atoms with Crippen LogP contribution in [0.5, 0.6) is 0 Å². The summed E-state index contributed by atoms with van der Waals surface area (Å²) in [6, 6.07) is 31.7. The number of hydrogen-bond acceptors (Lipinski definition) is 5. The summed E-state index contributed by atoms with van der Waals surface area (Å²) in [6.07, 6.45) is 3.03.